The van der Waals surface area contributed by atoms with Gasteiger partial charge in [-0.25, -0.2) is 4.57 Å². The van der Waals surface area contributed by atoms with Gasteiger partial charge in [-0.15, -0.1) is 0 Å². The number of phosphoric ester groups is 1. The van der Waals surface area contributed by atoms with Crippen LogP contribution >= 0.6 is 7.82 Å². The fourth-order valence-corrected chi connectivity index (χ4v) is 3.92. The number of phosphoric acid groups is 1. The largest absolute Gasteiger partial charge is 0.508 e. The second kappa shape index (κ2) is 17.6. The SMILES string of the molecule is CCCCCCCCCCCCCCc1cccc(OOP(=O)(O)OCC(C)OC)c1. The Bertz CT molecular complexity index is 609. The Labute approximate surface area is 189 Å². The summed E-state index contributed by atoms with van der Waals surface area (Å²) in [6, 6.07) is 7.39. The van der Waals surface area contributed by atoms with Crippen molar-refractivity contribution in [2.75, 3.05) is 13.7 Å². The molecular formula is C24H43O6P. The molecule has 0 aliphatic heterocycles. The van der Waals surface area contributed by atoms with Crippen molar-refractivity contribution in [3.63, 3.8) is 0 Å². The molecule has 1 rings (SSSR count). The molecule has 2 atom stereocenters. The third-order valence-electron chi connectivity index (χ3n) is 5.32. The summed E-state index contributed by atoms with van der Waals surface area (Å²) in [7, 11) is -2.80. The number of methoxy groups -OCH3 is 1. The van der Waals surface area contributed by atoms with Gasteiger partial charge in [-0.2, -0.15) is 0 Å². The number of rotatable bonds is 20. The summed E-state index contributed by atoms with van der Waals surface area (Å²) < 4.78 is 26.2. The molecule has 0 amide bonds. The van der Waals surface area contributed by atoms with Gasteiger partial charge < -0.3 is 14.5 Å². The van der Waals surface area contributed by atoms with Crippen molar-refractivity contribution in [2.45, 2.75) is 103 Å². The zero-order valence-corrected chi connectivity index (χ0v) is 20.6. The van der Waals surface area contributed by atoms with Crippen molar-refractivity contribution in [1.82, 2.24) is 0 Å². The van der Waals surface area contributed by atoms with Crippen LogP contribution in [0.5, 0.6) is 5.75 Å². The van der Waals surface area contributed by atoms with Gasteiger partial charge in [0.2, 0.25) is 0 Å². The molecule has 6 nitrogen and oxygen atoms in total. The number of hydrogen-bond acceptors (Lipinski definition) is 5. The van der Waals surface area contributed by atoms with E-state index in [1.54, 1.807) is 13.0 Å². The van der Waals surface area contributed by atoms with Crippen molar-refractivity contribution in [2.24, 2.45) is 0 Å². The highest BCUT2D eigenvalue weighted by atomic mass is 31.2. The fraction of sp³-hybridized carbons (Fsp3) is 0.750. The summed E-state index contributed by atoms with van der Waals surface area (Å²) in [5, 5.41) is 0. The maximum Gasteiger partial charge on any atom is 0.508 e. The highest BCUT2D eigenvalue weighted by Crippen LogP contribution is 2.43. The van der Waals surface area contributed by atoms with Crippen LogP contribution in [0.4, 0.5) is 0 Å². The van der Waals surface area contributed by atoms with Crippen molar-refractivity contribution in [3.05, 3.63) is 29.8 Å². The first-order valence-electron chi connectivity index (χ1n) is 11.9. The van der Waals surface area contributed by atoms with Gasteiger partial charge in [-0.1, -0.05) is 94.4 Å². The molecule has 0 fully saturated rings. The van der Waals surface area contributed by atoms with Crippen molar-refractivity contribution in [1.29, 1.82) is 0 Å². The van der Waals surface area contributed by atoms with E-state index < -0.39 is 7.82 Å². The molecular weight excluding hydrogens is 415 g/mol. The molecule has 0 bridgehead atoms. The van der Waals surface area contributed by atoms with Crippen LogP contribution in [0.2, 0.25) is 0 Å². The Kier molecular flexibility index (Phi) is 16.0. The van der Waals surface area contributed by atoms with E-state index in [2.05, 4.69) is 11.6 Å². The molecule has 7 heteroatoms. The van der Waals surface area contributed by atoms with Crippen LogP contribution in [0.3, 0.4) is 0 Å². The summed E-state index contributed by atoms with van der Waals surface area (Å²) in [4.78, 5) is 14.7. The van der Waals surface area contributed by atoms with E-state index in [1.807, 2.05) is 18.2 Å². The maximum absolute atomic E-state index is 11.8. The lowest BCUT2D eigenvalue weighted by atomic mass is 10.0. The maximum atomic E-state index is 11.8. The first-order chi connectivity index (χ1) is 15.0. The molecule has 0 saturated carbocycles. The predicted octanol–water partition coefficient (Wildman–Crippen LogP) is 7.39. The summed E-state index contributed by atoms with van der Waals surface area (Å²) >= 11 is 0. The molecule has 0 aromatic heterocycles. The second-order valence-electron chi connectivity index (χ2n) is 8.26. The van der Waals surface area contributed by atoms with Gasteiger partial charge in [0, 0.05) is 7.11 Å². The van der Waals surface area contributed by atoms with Crippen LogP contribution in [0.1, 0.15) is 96.5 Å². The van der Waals surface area contributed by atoms with Gasteiger partial charge in [0.1, 0.15) is 0 Å². The van der Waals surface area contributed by atoms with Gasteiger partial charge in [0.25, 0.3) is 0 Å². The molecule has 1 N–H and O–H groups in total. The predicted molar refractivity (Wildman–Crippen MR) is 125 cm³/mol. The van der Waals surface area contributed by atoms with E-state index in [0.717, 1.165) is 18.4 Å². The van der Waals surface area contributed by atoms with Crippen molar-refractivity contribution < 1.29 is 28.3 Å². The average molecular weight is 459 g/mol. The third-order valence-corrected chi connectivity index (χ3v) is 6.06. The molecule has 0 heterocycles. The molecule has 0 radical (unpaired) electrons. The summed E-state index contributed by atoms with van der Waals surface area (Å²) in [6.45, 7) is 3.92. The summed E-state index contributed by atoms with van der Waals surface area (Å²) in [5.74, 6) is 0.383. The molecule has 31 heavy (non-hydrogen) atoms. The van der Waals surface area contributed by atoms with Gasteiger partial charge in [-0.3, -0.25) is 4.52 Å². The fourth-order valence-electron chi connectivity index (χ4n) is 3.30. The molecule has 1 aromatic carbocycles. The van der Waals surface area contributed by atoms with Crippen LogP contribution in [0, 0.1) is 0 Å². The second-order valence-corrected chi connectivity index (χ2v) is 9.60. The zero-order valence-electron chi connectivity index (χ0n) is 19.7. The topological polar surface area (TPSA) is 74.2 Å². The molecule has 1 aromatic rings. The molecule has 0 aliphatic carbocycles. The van der Waals surface area contributed by atoms with Gasteiger partial charge in [0.15, 0.2) is 5.75 Å². The molecule has 180 valence electrons. The quantitative estimate of drug-likeness (QED) is 0.0950. The Morgan fingerprint density at radius 3 is 2.10 bits per heavy atom. The minimum absolute atomic E-state index is 0.0629. The van der Waals surface area contributed by atoms with E-state index in [0.29, 0.717) is 5.75 Å². The minimum Gasteiger partial charge on any atom is -0.379 e. The Hall–Kier alpha value is -0.910. The molecule has 0 saturated heterocycles. The number of benzene rings is 1. The Balaban J connectivity index is 2.13. The summed E-state index contributed by atoms with van der Waals surface area (Å²) in [6.07, 6.45) is 16.6. The monoisotopic (exact) mass is 458 g/mol. The minimum atomic E-state index is -4.29. The van der Waals surface area contributed by atoms with Crippen molar-refractivity contribution in [3.8, 4) is 5.75 Å². The van der Waals surface area contributed by atoms with E-state index in [9.17, 15) is 9.46 Å². The lowest BCUT2D eigenvalue weighted by Gasteiger charge is -2.14. The molecule has 0 aliphatic rings. The van der Waals surface area contributed by atoms with Crippen LogP contribution < -0.4 is 4.89 Å². The highest BCUT2D eigenvalue weighted by Gasteiger charge is 2.24. The van der Waals surface area contributed by atoms with E-state index in [-0.39, 0.29) is 12.7 Å². The van der Waals surface area contributed by atoms with E-state index in [1.165, 1.54) is 77.7 Å². The standard InChI is InChI=1S/C24H43O6P/c1-4-5-6-7-8-9-10-11-12-13-14-15-17-23-18-16-19-24(20-23)29-30-31(25,26)28-21-22(2)27-3/h16,18-20,22H,4-15,17,21H2,1-3H3,(H,25,26). The number of ether oxygens (including phenoxy) is 1. The van der Waals surface area contributed by atoms with Crippen LogP contribution in [-0.4, -0.2) is 24.7 Å². The first-order valence-corrected chi connectivity index (χ1v) is 13.4. The lowest BCUT2D eigenvalue weighted by Crippen LogP contribution is -2.13. The molecule has 2 unspecified atom stereocenters. The Morgan fingerprint density at radius 2 is 1.52 bits per heavy atom. The highest BCUT2D eigenvalue weighted by molar-refractivity contribution is 7.47. The smallest absolute Gasteiger partial charge is 0.379 e. The summed E-state index contributed by atoms with van der Waals surface area (Å²) in [5.41, 5.74) is 1.12. The number of unbranched alkanes of at least 4 members (excludes halogenated alkanes) is 11. The van der Waals surface area contributed by atoms with Gasteiger partial charge in [0.05, 0.1) is 12.7 Å². The average Bonchev–Trinajstić information content (AvgIpc) is 2.77. The normalized spacial score (nSPS) is 14.3. The van der Waals surface area contributed by atoms with Crippen molar-refractivity contribution >= 4 is 7.82 Å². The lowest BCUT2D eigenvalue weighted by molar-refractivity contribution is -0.130. The molecule has 0 spiro atoms. The van der Waals surface area contributed by atoms with Crippen LogP contribution in [-0.2, 0) is 24.9 Å². The Morgan fingerprint density at radius 1 is 0.935 bits per heavy atom. The van der Waals surface area contributed by atoms with Crippen LogP contribution in [0.15, 0.2) is 24.3 Å². The third kappa shape index (κ3) is 15.5. The van der Waals surface area contributed by atoms with Crippen LogP contribution in [0.25, 0.3) is 0 Å². The zero-order chi connectivity index (χ0) is 22.8. The number of hydrogen-bond donors (Lipinski definition) is 1. The first kappa shape index (κ1) is 28.1. The number of aryl methyl sites for hydroxylation is 1. The van der Waals surface area contributed by atoms with E-state index >= 15 is 0 Å². The van der Waals surface area contributed by atoms with E-state index in [4.69, 9.17) is 14.1 Å². The van der Waals surface area contributed by atoms with Gasteiger partial charge >= 0.3 is 7.82 Å². The van der Waals surface area contributed by atoms with Gasteiger partial charge in [-0.05, 0) is 37.5 Å².